The third kappa shape index (κ3) is 4.25. The van der Waals surface area contributed by atoms with Crippen molar-refractivity contribution in [3.05, 3.63) is 43.4 Å². The third-order valence-corrected chi connectivity index (χ3v) is 5.34. The Balaban J connectivity index is 1.56. The van der Waals surface area contributed by atoms with Gasteiger partial charge in [-0.2, -0.15) is 13.2 Å². The number of hydrogen-bond acceptors (Lipinski definition) is 8. The van der Waals surface area contributed by atoms with E-state index in [0.29, 0.717) is 0 Å². The molecule has 9 nitrogen and oxygen atoms in total. The van der Waals surface area contributed by atoms with Crippen molar-refractivity contribution in [1.29, 1.82) is 0 Å². The largest absolute Gasteiger partial charge is 0.474 e. The number of esters is 1. The highest BCUT2D eigenvalue weighted by atomic mass is 35.5. The van der Waals surface area contributed by atoms with E-state index in [4.69, 9.17) is 42.1 Å². The Morgan fingerprint density at radius 3 is 2.45 bits per heavy atom. The van der Waals surface area contributed by atoms with E-state index in [2.05, 4.69) is 4.84 Å². The summed E-state index contributed by atoms with van der Waals surface area (Å²) >= 11 is 11.8. The van der Waals surface area contributed by atoms with Gasteiger partial charge in [0.15, 0.2) is 12.2 Å². The highest BCUT2D eigenvalue weighted by Gasteiger charge is 2.53. The minimum absolute atomic E-state index is 0.0714. The molecule has 0 amide bonds. The van der Waals surface area contributed by atoms with Gasteiger partial charge < -0.3 is 23.8 Å². The Morgan fingerprint density at radius 1 is 1.16 bits per heavy atom. The molecule has 3 heterocycles. The van der Waals surface area contributed by atoms with Crippen LogP contribution >= 0.6 is 23.2 Å². The highest BCUT2D eigenvalue weighted by Crippen LogP contribution is 2.43. The zero-order valence-electron chi connectivity index (χ0n) is 15.1. The van der Waals surface area contributed by atoms with Gasteiger partial charge in [-0.1, -0.05) is 23.2 Å². The van der Waals surface area contributed by atoms with Crippen LogP contribution in [-0.4, -0.2) is 61.0 Å². The van der Waals surface area contributed by atoms with Gasteiger partial charge in [0.1, 0.15) is 18.0 Å². The van der Waals surface area contributed by atoms with Gasteiger partial charge in [-0.15, -0.1) is 10.1 Å². The van der Waals surface area contributed by atoms with Gasteiger partial charge >= 0.3 is 12.1 Å². The molecule has 4 rings (SSSR count). The monoisotopic (exact) mass is 485 g/mol. The first-order valence-electron chi connectivity index (χ1n) is 8.74. The van der Waals surface area contributed by atoms with Crippen LogP contribution in [0.4, 0.5) is 13.2 Å². The molecule has 31 heavy (non-hydrogen) atoms. The van der Waals surface area contributed by atoms with Crippen LogP contribution in [0.25, 0.3) is 6.08 Å². The summed E-state index contributed by atoms with van der Waals surface area (Å²) in [5.41, 5.74) is -0.750. The molecule has 14 heteroatoms. The minimum atomic E-state index is -4.95. The van der Waals surface area contributed by atoms with Crippen molar-refractivity contribution >= 4 is 35.2 Å². The number of hydrogen-bond donors (Lipinski definition) is 0. The molecular weight excluding hydrogens is 474 g/mol. The average molecular weight is 486 g/mol. The molecule has 0 saturated carbocycles. The van der Waals surface area contributed by atoms with Gasteiger partial charge in [-0.3, -0.25) is 0 Å². The van der Waals surface area contributed by atoms with Crippen molar-refractivity contribution in [3.63, 3.8) is 0 Å². The molecule has 0 N–H and O–H groups in total. The van der Waals surface area contributed by atoms with E-state index in [9.17, 15) is 28.1 Å². The summed E-state index contributed by atoms with van der Waals surface area (Å²) in [4.78, 5) is 27.6. The standard InChI is InChI=1S/C17H12Cl2F3NO8/c18-7-1-6-2-8(15(17(20,21)22)30-12(6)9(19)3-7)16(24)29-10-4-27-14-11(31-23(25)26)5-28-13(10)14/h1-3,10-11,13-15H,4-5H2. The molecule has 3 aliphatic heterocycles. The molecule has 0 radical (unpaired) electrons. The normalized spacial score (nSPS) is 29.5. The number of rotatable bonds is 4. The SMILES string of the molecule is O=C(OC1COC2C(O[N+](=O)[O-])COC12)C1=Cc2cc(Cl)cc(Cl)c2OC1C(F)(F)F. The summed E-state index contributed by atoms with van der Waals surface area (Å²) in [5.74, 6) is -1.59. The summed E-state index contributed by atoms with van der Waals surface area (Å²) in [6, 6.07) is 2.50. The van der Waals surface area contributed by atoms with Crippen LogP contribution in [-0.2, 0) is 23.8 Å². The van der Waals surface area contributed by atoms with E-state index in [1.54, 1.807) is 0 Å². The predicted molar refractivity (Wildman–Crippen MR) is 96.1 cm³/mol. The maximum atomic E-state index is 13.6. The van der Waals surface area contributed by atoms with Crippen molar-refractivity contribution in [1.82, 2.24) is 0 Å². The van der Waals surface area contributed by atoms with Crippen molar-refractivity contribution in [2.45, 2.75) is 36.7 Å². The van der Waals surface area contributed by atoms with Crippen molar-refractivity contribution in [3.8, 4) is 5.75 Å². The van der Waals surface area contributed by atoms with Gasteiger partial charge in [-0.25, -0.2) is 4.79 Å². The Bertz CT molecular complexity index is 956. The summed E-state index contributed by atoms with van der Waals surface area (Å²) in [6.45, 7) is -0.441. The summed E-state index contributed by atoms with van der Waals surface area (Å²) in [7, 11) is 0. The van der Waals surface area contributed by atoms with Gasteiger partial charge in [-0.05, 0) is 18.2 Å². The predicted octanol–water partition coefficient (Wildman–Crippen LogP) is 2.99. The number of carbonyl (C=O) groups is 1. The van der Waals surface area contributed by atoms with Crippen molar-refractivity contribution in [2.24, 2.45) is 0 Å². The van der Waals surface area contributed by atoms with Crippen molar-refractivity contribution in [2.75, 3.05) is 13.2 Å². The first kappa shape index (κ1) is 21.9. The van der Waals surface area contributed by atoms with E-state index >= 15 is 0 Å². The first-order chi connectivity index (χ1) is 14.5. The van der Waals surface area contributed by atoms with Gasteiger partial charge in [0.05, 0.1) is 23.8 Å². The summed E-state index contributed by atoms with van der Waals surface area (Å²) < 4.78 is 61.6. The maximum absolute atomic E-state index is 13.6. The number of carbonyl (C=O) groups excluding carboxylic acids is 1. The van der Waals surface area contributed by atoms with Crippen LogP contribution < -0.4 is 4.74 Å². The van der Waals surface area contributed by atoms with Gasteiger partial charge in [0, 0.05) is 10.6 Å². The second kappa shape index (κ2) is 8.01. The lowest BCUT2D eigenvalue weighted by atomic mass is 10.0. The number of benzene rings is 1. The Morgan fingerprint density at radius 2 is 1.81 bits per heavy atom. The second-order valence-corrected chi connectivity index (χ2v) is 7.70. The molecule has 0 aliphatic carbocycles. The van der Waals surface area contributed by atoms with E-state index in [1.165, 1.54) is 12.1 Å². The van der Waals surface area contributed by atoms with Gasteiger partial charge in [0.25, 0.3) is 5.09 Å². The van der Waals surface area contributed by atoms with Crippen LogP contribution in [0.15, 0.2) is 17.7 Å². The fourth-order valence-corrected chi connectivity index (χ4v) is 4.14. The quantitative estimate of drug-likeness (QED) is 0.364. The maximum Gasteiger partial charge on any atom is 0.430 e. The Hall–Kier alpha value is -2.28. The van der Waals surface area contributed by atoms with E-state index in [-0.39, 0.29) is 34.6 Å². The minimum Gasteiger partial charge on any atom is -0.474 e. The molecule has 2 saturated heterocycles. The van der Waals surface area contributed by atoms with Crippen LogP contribution in [0.2, 0.25) is 10.0 Å². The molecule has 3 aliphatic rings. The number of fused-ring (bicyclic) bond motifs is 2. The first-order valence-corrected chi connectivity index (χ1v) is 9.49. The second-order valence-electron chi connectivity index (χ2n) is 6.85. The highest BCUT2D eigenvalue weighted by molar-refractivity contribution is 6.36. The van der Waals surface area contributed by atoms with E-state index in [1.807, 2.05) is 0 Å². The molecule has 1 aromatic rings. The molecule has 5 atom stereocenters. The number of ether oxygens (including phenoxy) is 4. The van der Waals surface area contributed by atoms with E-state index in [0.717, 1.165) is 6.08 Å². The Kier molecular flexibility index (Phi) is 5.66. The van der Waals surface area contributed by atoms with Crippen LogP contribution in [0, 0.1) is 10.1 Å². The van der Waals surface area contributed by atoms with Crippen LogP contribution in [0.3, 0.4) is 0 Å². The topological polar surface area (TPSA) is 106 Å². The smallest absolute Gasteiger partial charge is 0.430 e. The zero-order chi connectivity index (χ0) is 22.5. The van der Waals surface area contributed by atoms with Crippen LogP contribution in [0.5, 0.6) is 5.75 Å². The molecule has 5 unspecified atom stereocenters. The zero-order valence-corrected chi connectivity index (χ0v) is 16.6. The third-order valence-electron chi connectivity index (χ3n) is 4.84. The van der Waals surface area contributed by atoms with Crippen molar-refractivity contribution < 1.29 is 46.8 Å². The van der Waals surface area contributed by atoms with E-state index < -0.39 is 53.3 Å². The molecular formula is C17H12Cl2F3NO8. The number of alkyl halides is 3. The number of halogens is 5. The summed E-state index contributed by atoms with van der Waals surface area (Å²) in [5, 5.41) is 9.50. The lowest BCUT2D eigenvalue weighted by Gasteiger charge is -2.29. The lowest BCUT2D eigenvalue weighted by Crippen LogP contribution is -2.42. The average Bonchev–Trinajstić information content (AvgIpc) is 3.23. The molecule has 168 valence electrons. The molecule has 2 fully saturated rings. The fourth-order valence-electron chi connectivity index (χ4n) is 3.58. The lowest BCUT2D eigenvalue weighted by molar-refractivity contribution is -0.769. The van der Waals surface area contributed by atoms with Crippen LogP contribution in [0.1, 0.15) is 5.56 Å². The molecule has 1 aromatic carbocycles. The molecule has 0 aromatic heterocycles. The Labute approximate surface area is 181 Å². The summed E-state index contributed by atoms with van der Waals surface area (Å²) in [6.07, 6.45) is -10.6. The number of nitrogens with zero attached hydrogens (tertiary/aromatic N) is 1. The molecule has 0 spiro atoms. The fraction of sp³-hybridized carbons (Fsp3) is 0.471. The molecule has 0 bridgehead atoms. The van der Waals surface area contributed by atoms with Gasteiger partial charge in [0.2, 0.25) is 6.10 Å².